The topological polar surface area (TPSA) is 122 Å². The molecule has 2 heterocycles. The molecule has 2 fully saturated rings. The first-order chi connectivity index (χ1) is 12.0. The number of aromatic nitrogens is 2. The summed E-state index contributed by atoms with van der Waals surface area (Å²) in [5, 5.41) is 16.0. The molecule has 0 radical (unpaired) electrons. The number of nitrogen functional groups attached to an aromatic ring is 1. The van der Waals surface area contributed by atoms with Crippen molar-refractivity contribution in [2.45, 2.75) is 57.5 Å². The molecule has 138 valence electrons. The number of ether oxygens (including phenoxy) is 1. The predicted octanol–water partition coefficient (Wildman–Crippen LogP) is 2.10. The van der Waals surface area contributed by atoms with E-state index in [-0.39, 0.29) is 6.04 Å². The molecule has 3 rings (SSSR count). The maximum atomic E-state index is 11.4. The minimum atomic E-state index is -0.713. The van der Waals surface area contributed by atoms with Gasteiger partial charge in [-0.2, -0.15) is 4.98 Å². The number of nitrogens with zero attached hydrogens (tertiary/aromatic N) is 2. The molecule has 1 saturated heterocycles. The summed E-state index contributed by atoms with van der Waals surface area (Å²) in [6.07, 6.45) is 6.36. The number of anilines is 3. The summed E-state index contributed by atoms with van der Waals surface area (Å²) in [7, 11) is 0. The van der Waals surface area contributed by atoms with Crippen LogP contribution in [0.2, 0.25) is 0 Å². The van der Waals surface area contributed by atoms with Crippen LogP contribution in [0.1, 0.15) is 45.4 Å². The largest absolute Gasteiger partial charge is 0.481 e. The van der Waals surface area contributed by atoms with Gasteiger partial charge in [-0.1, -0.05) is 0 Å². The van der Waals surface area contributed by atoms with Crippen molar-refractivity contribution < 1.29 is 14.6 Å². The molecule has 1 aromatic rings. The highest BCUT2D eigenvalue weighted by Crippen LogP contribution is 2.37. The lowest BCUT2D eigenvalue weighted by atomic mass is 9.74. The van der Waals surface area contributed by atoms with E-state index in [1.54, 1.807) is 6.20 Å². The molecule has 0 aromatic carbocycles. The van der Waals surface area contributed by atoms with Crippen molar-refractivity contribution in [1.82, 2.24) is 9.97 Å². The number of hydrogen-bond donors (Lipinski definition) is 4. The first-order valence-electron chi connectivity index (χ1n) is 8.93. The number of hydrogen-bond acceptors (Lipinski definition) is 7. The number of rotatable bonds is 5. The molecule has 5 N–H and O–H groups in total. The second-order valence-corrected chi connectivity index (χ2v) is 7.31. The van der Waals surface area contributed by atoms with E-state index in [0.29, 0.717) is 36.3 Å². The number of aliphatic carboxylic acids is 1. The molecule has 1 aliphatic carbocycles. The Hall–Kier alpha value is -2.09. The van der Waals surface area contributed by atoms with E-state index in [0.717, 1.165) is 38.9 Å². The fraction of sp³-hybridized carbons (Fsp3) is 0.706. The van der Waals surface area contributed by atoms with Crippen LogP contribution in [0.4, 0.5) is 17.5 Å². The van der Waals surface area contributed by atoms with Gasteiger partial charge in [0, 0.05) is 25.3 Å². The van der Waals surface area contributed by atoms with Gasteiger partial charge in [-0.05, 0) is 45.4 Å². The van der Waals surface area contributed by atoms with E-state index in [1.165, 1.54) is 0 Å². The van der Waals surface area contributed by atoms with Crippen LogP contribution in [0.5, 0.6) is 0 Å². The van der Waals surface area contributed by atoms with Gasteiger partial charge in [-0.25, -0.2) is 4.98 Å². The lowest BCUT2D eigenvalue weighted by Gasteiger charge is -2.34. The molecular formula is C17H27N5O3. The van der Waals surface area contributed by atoms with Gasteiger partial charge in [0.1, 0.15) is 0 Å². The average Bonchev–Trinajstić information content (AvgIpc) is 2.61. The van der Waals surface area contributed by atoms with Crippen LogP contribution in [0.15, 0.2) is 6.20 Å². The van der Waals surface area contributed by atoms with Crippen LogP contribution in [0.3, 0.4) is 0 Å². The Kier molecular flexibility index (Phi) is 5.27. The molecule has 25 heavy (non-hydrogen) atoms. The van der Waals surface area contributed by atoms with Crippen LogP contribution in [0.25, 0.3) is 0 Å². The maximum absolute atomic E-state index is 11.4. The van der Waals surface area contributed by atoms with Crippen LogP contribution in [-0.2, 0) is 9.53 Å². The molecule has 0 amide bonds. The fourth-order valence-electron chi connectivity index (χ4n) is 3.41. The summed E-state index contributed by atoms with van der Waals surface area (Å²) >= 11 is 0. The number of nitrogens with two attached hydrogens (primary N) is 1. The van der Waals surface area contributed by atoms with Gasteiger partial charge in [-0.15, -0.1) is 0 Å². The lowest BCUT2D eigenvalue weighted by molar-refractivity contribution is -0.149. The van der Waals surface area contributed by atoms with Crippen molar-refractivity contribution in [3.63, 3.8) is 0 Å². The Bertz CT molecular complexity index is 610. The van der Waals surface area contributed by atoms with Crippen LogP contribution >= 0.6 is 0 Å². The van der Waals surface area contributed by atoms with Crippen LogP contribution in [0, 0.1) is 5.41 Å². The molecule has 8 heteroatoms. The van der Waals surface area contributed by atoms with Gasteiger partial charge in [0.15, 0.2) is 5.82 Å². The van der Waals surface area contributed by atoms with E-state index in [4.69, 9.17) is 10.5 Å². The Morgan fingerprint density at radius 2 is 1.88 bits per heavy atom. The lowest BCUT2D eigenvalue weighted by Crippen LogP contribution is -2.37. The third kappa shape index (κ3) is 4.31. The monoisotopic (exact) mass is 349 g/mol. The first kappa shape index (κ1) is 17.7. The van der Waals surface area contributed by atoms with E-state index >= 15 is 0 Å². The van der Waals surface area contributed by atoms with Crippen molar-refractivity contribution in [2.75, 3.05) is 29.6 Å². The van der Waals surface area contributed by atoms with Gasteiger partial charge >= 0.3 is 5.97 Å². The maximum Gasteiger partial charge on any atom is 0.309 e. The molecule has 0 unspecified atom stereocenters. The molecule has 0 atom stereocenters. The van der Waals surface area contributed by atoms with Crippen molar-refractivity contribution in [3.8, 4) is 0 Å². The molecule has 0 bridgehead atoms. The highest BCUT2D eigenvalue weighted by molar-refractivity contribution is 5.74. The minimum Gasteiger partial charge on any atom is -0.481 e. The quantitative estimate of drug-likeness (QED) is 0.637. The number of carboxylic acid groups (broad SMARTS) is 1. The molecular weight excluding hydrogens is 322 g/mol. The smallest absolute Gasteiger partial charge is 0.309 e. The summed E-state index contributed by atoms with van der Waals surface area (Å²) in [5.41, 5.74) is 5.90. The van der Waals surface area contributed by atoms with Crippen molar-refractivity contribution in [1.29, 1.82) is 0 Å². The molecule has 0 spiro atoms. The zero-order chi connectivity index (χ0) is 17.9. The summed E-state index contributed by atoms with van der Waals surface area (Å²) in [5.74, 6) is 0.471. The molecule has 1 aromatic heterocycles. The average molecular weight is 349 g/mol. The number of nitrogens with one attached hydrogen (secondary N) is 2. The van der Waals surface area contributed by atoms with Crippen molar-refractivity contribution in [2.24, 2.45) is 5.41 Å². The van der Waals surface area contributed by atoms with Gasteiger partial charge in [0.05, 0.1) is 17.3 Å². The van der Waals surface area contributed by atoms with E-state index in [2.05, 4.69) is 20.6 Å². The molecule has 1 saturated carbocycles. The normalized spacial score (nSPS) is 27.6. The summed E-state index contributed by atoms with van der Waals surface area (Å²) < 4.78 is 5.36. The van der Waals surface area contributed by atoms with Crippen molar-refractivity contribution in [3.05, 3.63) is 6.20 Å². The summed E-state index contributed by atoms with van der Waals surface area (Å²) in [6.45, 7) is 3.32. The Labute approximate surface area is 147 Å². The zero-order valence-corrected chi connectivity index (χ0v) is 14.6. The van der Waals surface area contributed by atoms with Gasteiger partial charge in [-0.3, -0.25) is 4.79 Å². The Morgan fingerprint density at radius 1 is 1.24 bits per heavy atom. The minimum absolute atomic E-state index is 0.181. The van der Waals surface area contributed by atoms with E-state index < -0.39 is 11.4 Å². The Balaban J connectivity index is 1.60. The molecule has 2 aliphatic rings. The highest BCUT2D eigenvalue weighted by Gasteiger charge is 2.37. The standard InChI is InChI=1S/C17H27N5O3/c1-17(15(23)24)6-2-11(3-7-17)20-14-13(18)10-19-16(22-14)21-12-4-8-25-9-5-12/h10-12H,2-9,18H2,1H3,(H,23,24)(H2,19,20,21,22)/t11-,17-. The number of carbonyl (C=O) groups is 1. The fourth-order valence-corrected chi connectivity index (χ4v) is 3.41. The number of carboxylic acids is 1. The van der Waals surface area contributed by atoms with Gasteiger partial charge < -0.3 is 26.2 Å². The second kappa shape index (κ2) is 7.43. The third-order valence-electron chi connectivity index (χ3n) is 5.32. The zero-order valence-electron chi connectivity index (χ0n) is 14.6. The third-order valence-corrected chi connectivity index (χ3v) is 5.32. The molecule has 1 aliphatic heterocycles. The Morgan fingerprint density at radius 3 is 2.52 bits per heavy atom. The SMILES string of the molecule is C[C@]1(C(=O)O)CC[C@H](Nc2nc(NC3CCOCC3)ncc2N)CC1. The van der Waals surface area contributed by atoms with Crippen molar-refractivity contribution >= 4 is 23.4 Å². The highest BCUT2D eigenvalue weighted by atomic mass is 16.5. The summed E-state index contributed by atoms with van der Waals surface area (Å²) in [4.78, 5) is 20.1. The van der Waals surface area contributed by atoms with Gasteiger partial charge in [0.2, 0.25) is 5.95 Å². The van der Waals surface area contributed by atoms with E-state index in [1.807, 2.05) is 6.92 Å². The van der Waals surface area contributed by atoms with Gasteiger partial charge in [0.25, 0.3) is 0 Å². The van der Waals surface area contributed by atoms with Crippen LogP contribution in [-0.4, -0.2) is 46.3 Å². The first-order valence-corrected chi connectivity index (χ1v) is 8.93. The molecule has 8 nitrogen and oxygen atoms in total. The second-order valence-electron chi connectivity index (χ2n) is 7.31. The summed E-state index contributed by atoms with van der Waals surface area (Å²) in [6, 6.07) is 0.497. The predicted molar refractivity (Wildman–Crippen MR) is 95.5 cm³/mol. The van der Waals surface area contributed by atoms with Crippen LogP contribution < -0.4 is 16.4 Å². The van der Waals surface area contributed by atoms with E-state index in [9.17, 15) is 9.90 Å².